The zero-order valence-electron chi connectivity index (χ0n) is 13.7. The molecular formula is C19H23NO3. The maximum absolute atomic E-state index is 9.69. The molecule has 0 saturated heterocycles. The monoisotopic (exact) mass is 313 g/mol. The van der Waals surface area contributed by atoms with Crippen LogP contribution in [0.3, 0.4) is 0 Å². The minimum atomic E-state index is 0.0715. The number of hydrogen-bond acceptors (Lipinski definition) is 4. The van der Waals surface area contributed by atoms with Crippen molar-refractivity contribution in [1.82, 2.24) is 0 Å². The van der Waals surface area contributed by atoms with Crippen LogP contribution < -0.4 is 14.4 Å². The summed E-state index contributed by atoms with van der Waals surface area (Å²) in [5.74, 6) is 1.89. The standard InChI is InChI=1S/C19H23NO3/c1-3-20-13-17(23-19-12-15(21)7-10-18(19)20)11-14-5-8-16(9-6-14)22-4-2/h5-10,12,17,21H,3-4,11,13H2,1-2H3. The van der Waals surface area contributed by atoms with E-state index >= 15 is 0 Å². The smallest absolute Gasteiger partial charge is 0.146 e. The fourth-order valence-electron chi connectivity index (χ4n) is 2.98. The molecule has 3 rings (SSSR count). The second kappa shape index (κ2) is 6.82. The summed E-state index contributed by atoms with van der Waals surface area (Å²) in [6.07, 6.45) is 0.903. The third-order valence-corrected chi connectivity index (χ3v) is 4.08. The highest BCUT2D eigenvalue weighted by atomic mass is 16.5. The van der Waals surface area contributed by atoms with Crippen molar-refractivity contribution in [2.45, 2.75) is 26.4 Å². The molecule has 1 atom stereocenters. The number of aromatic hydroxyl groups is 1. The van der Waals surface area contributed by atoms with Crippen molar-refractivity contribution in [2.24, 2.45) is 0 Å². The first-order valence-electron chi connectivity index (χ1n) is 8.16. The van der Waals surface area contributed by atoms with Crippen molar-refractivity contribution in [3.05, 3.63) is 48.0 Å². The van der Waals surface area contributed by atoms with Crippen LogP contribution in [-0.4, -0.2) is 30.9 Å². The summed E-state index contributed by atoms with van der Waals surface area (Å²) < 4.78 is 11.6. The predicted molar refractivity (Wildman–Crippen MR) is 91.7 cm³/mol. The van der Waals surface area contributed by atoms with Crippen molar-refractivity contribution >= 4 is 5.69 Å². The first-order valence-corrected chi connectivity index (χ1v) is 8.16. The van der Waals surface area contributed by atoms with Crippen LogP contribution in [0.4, 0.5) is 5.69 Å². The lowest BCUT2D eigenvalue weighted by Gasteiger charge is -2.35. The average Bonchev–Trinajstić information content (AvgIpc) is 2.56. The number of fused-ring (bicyclic) bond motifs is 1. The number of nitrogens with zero attached hydrogens (tertiary/aromatic N) is 1. The van der Waals surface area contributed by atoms with Gasteiger partial charge in [0.2, 0.25) is 0 Å². The van der Waals surface area contributed by atoms with E-state index in [0.29, 0.717) is 6.61 Å². The number of likely N-dealkylation sites (N-methyl/N-ethyl adjacent to an activating group) is 1. The van der Waals surface area contributed by atoms with Gasteiger partial charge in [-0.3, -0.25) is 0 Å². The quantitative estimate of drug-likeness (QED) is 0.915. The SMILES string of the molecule is CCOc1ccc(CC2CN(CC)c3ccc(O)cc3O2)cc1. The van der Waals surface area contributed by atoms with Crippen molar-refractivity contribution in [2.75, 3.05) is 24.6 Å². The Morgan fingerprint density at radius 1 is 1.17 bits per heavy atom. The Bertz CT molecular complexity index is 654. The maximum Gasteiger partial charge on any atom is 0.146 e. The molecule has 0 saturated carbocycles. The molecule has 0 aromatic heterocycles. The van der Waals surface area contributed by atoms with Crippen LogP contribution in [-0.2, 0) is 6.42 Å². The molecule has 0 amide bonds. The van der Waals surface area contributed by atoms with E-state index in [1.807, 2.05) is 25.1 Å². The van der Waals surface area contributed by atoms with E-state index in [-0.39, 0.29) is 11.9 Å². The average molecular weight is 313 g/mol. The van der Waals surface area contributed by atoms with E-state index in [9.17, 15) is 5.11 Å². The number of anilines is 1. The van der Waals surface area contributed by atoms with Gasteiger partial charge in [0.1, 0.15) is 23.4 Å². The van der Waals surface area contributed by atoms with Crippen LogP contribution in [0.15, 0.2) is 42.5 Å². The van der Waals surface area contributed by atoms with E-state index in [1.165, 1.54) is 5.56 Å². The third-order valence-electron chi connectivity index (χ3n) is 4.08. The number of hydrogen-bond donors (Lipinski definition) is 1. The maximum atomic E-state index is 9.69. The van der Waals surface area contributed by atoms with Crippen LogP contribution in [0, 0.1) is 0 Å². The summed E-state index contributed by atoms with van der Waals surface area (Å²) >= 11 is 0. The van der Waals surface area contributed by atoms with Gasteiger partial charge >= 0.3 is 0 Å². The van der Waals surface area contributed by atoms with E-state index in [1.54, 1.807) is 12.1 Å². The molecule has 1 N–H and O–H groups in total. The Morgan fingerprint density at radius 3 is 2.65 bits per heavy atom. The first-order chi connectivity index (χ1) is 11.2. The molecule has 4 heteroatoms. The molecule has 1 heterocycles. The van der Waals surface area contributed by atoms with E-state index in [2.05, 4.69) is 24.0 Å². The summed E-state index contributed by atoms with van der Waals surface area (Å²) in [4.78, 5) is 2.29. The second-order valence-electron chi connectivity index (χ2n) is 5.71. The molecule has 0 bridgehead atoms. The summed E-state index contributed by atoms with van der Waals surface area (Å²) in [7, 11) is 0. The number of phenols is 1. The van der Waals surface area contributed by atoms with Crippen molar-refractivity contribution in [1.29, 1.82) is 0 Å². The van der Waals surface area contributed by atoms with Crippen LogP contribution in [0.2, 0.25) is 0 Å². The third kappa shape index (κ3) is 3.52. The van der Waals surface area contributed by atoms with Crippen LogP contribution in [0.25, 0.3) is 0 Å². The molecule has 1 aliphatic heterocycles. The van der Waals surface area contributed by atoms with Gasteiger partial charge < -0.3 is 19.5 Å². The van der Waals surface area contributed by atoms with Gasteiger partial charge in [0.25, 0.3) is 0 Å². The summed E-state index contributed by atoms with van der Waals surface area (Å²) in [6.45, 7) is 6.56. The Kier molecular flexibility index (Phi) is 4.60. The number of rotatable bonds is 5. The Hall–Kier alpha value is -2.36. The van der Waals surface area contributed by atoms with Crippen molar-refractivity contribution in [3.63, 3.8) is 0 Å². The fourth-order valence-corrected chi connectivity index (χ4v) is 2.98. The number of phenolic OH excluding ortho intramolecular Hbond substituents is 1. The van der Waals surface area contributed by atoms with E-state index in [4.69, 9.17) is 9.47 Å². The highest BCUT2D eigenvalue weighted by molar-refractivity contribution is 5.62. The molecule has 2 aromatic carbocycles. The molecule has 0 radical (unpaired) electrons. The zero-order chi connectivity index (χ0) is 16.2. The molecule has 2 aromatic rings. The Labute approximate surface area is 137 Å². The van der Waals surface area contributed by atoms with Gasteiger partial charge in [-0.25, -0.2) is 0 Å². The predicted octanol–water partition coefficient (Wildman–Crippen LogP) is 3.62. The summed E-state index contributed by atoms with van der Waals surface area (Å²) in [5.41, 5.74) is 2.27. The molecular weight excluding hydrogens is 290 g/mol. The van der Waals surface area contributed by atoms with Gasteiger partial charge in [-0.1, -0.05) is 12.1 Å². The minimum absolute atomic E-state index is 0.0715. The molecule has 4 nitrogen and oxygen atoms in total. The largest absolute Gasteiger partial charge is 0.508 e. The van der Waals surface area contributed by atoms with Crippen LogP contribution in [0.1, 0.15) is 19.4 Å². The number of benzene rings is 2. The van der Waals surface area contributed by atoms with Crippen molar-refractivity contribution in [3.8, 4) is 17.2 Å². The number of ether oxygens (including phenoxy) is 2. The molecule has 0 aliphatic carbocycles. The molecule has 23 heavy (non-hydrogen) atoms. The summed E-state index contributed by atoms with van der Waals surface area (Å²) in [5, 5.41) is 9.69. The van der Waals surface area contributed by atoms with E-state index in [0.717, 1.165) is 36.7 Å². The molecule has 122 valence electrons. The normalized spacial score (nSPS) is 16.6. The van der Waals surface area contributed by atoms with Gasteiger partial charge in [-0.05, 0) is 43.7 Å². The second-order valence-corrected chi connectivity index (χ2v) is 5.71. The molecule has 1 aliphatic rings. The van der Waals surface area contributed by atoms with Gasteiger partial charge in [-0.15, -0.1) is 0 Å². The lowest BCUT2D eigenvalue weighted by Crippen LogP contribution is -2.41. The van der Waals surface area contributed by atoms with E-state index < -0.39 is 0 Å². The zero-order valence-corrected chi connectivity index (χ0v) is 13.7. The topological polar surface area (TPSA) is 41.9 Å². The fraction of sp³-hybridized carbons (Fsp3) is 0.368. The van der Waals surface area contributed by atoms with Gasteiger partial charge in [-0.2, -0.15) is 0 Å². The molecule has 1 unspecified atom stereocenters. The van der Waals surface area contributed by atoms with Crippen molar-refractivity contribution < 1.29 is 14.6 Å². The Morgan fingerprint density at radius 2 is 1.96 bits per heavy atom. The molecule has 0 spiro atoms. The van der Waals surface area contributed by atoms with Gasteiger partial charge in [0.05, 0.1) is 18.8 Å². The lowest BCUT2D eigenvalue weighted by molar-refractivity contribution is 0.193. The van der Waals surface area contributed by atoms with Crippen LogP contribution in [0.5, 0.6) is 17.2 Å². The Balaban J connectivity index is 1.74. The van der Waals surface area contributed by atoms with Gasteiger partial charge in [0.15, 0.2) is 0 Å². The molecule has 0 fully saturated rings. The van der Waals surface area contributed by atoms with Crippen LogP contribution >= 0.6 is 0 Å². The minimum Gasteiger partial charge on any atom is -0.508 e. The van der Waals surface area contributed by atoms with Gasteiger partial charge in [0, 0.05) is 19.0 Å². The summed E-state index contributed by atoms with van der Waals surface area (Å²) in [6, 6.07) is 13.5. The highest BCUT2D eigenvalue weighted by Gasteiger charge is 2.25. The first kappa shape index (κ1) is 15.5. The lowest BCUT2D eigenvalue weighted by atomic mass is 10.1. The highest BCUT2D eigenvalue weighted by Crippen LogP contribution is 2.36.